The summed E-state index contributed by atoms with van der Waals surface area (Å²) in [6.07, 6.45) is 0.701. The highest BCUT2D eigenvalue weighted by molar-refractivity contribution is 6.46. The lowest BCUT2D eigenvalue weighted by Gasteiger charge is -2.27. The van der Waals surface area contributed by atoms with Crippen LogP contribution in [0, 0.1) is 6.92 Å². The van der Waals surface area contributed by atoms with Gasteiger partial charge in [0.15, 0.2) is 11.5 Å². The molecule has 1 aliphatic heterocycles. The van der Waals surface area contributed by atoms with E-state index in [1.807, 2.05) is 74.5 Å². The molecule has 0 aliphatic carbocycles. The van der Waals surface area contributed by atoms with E-state index in [0.29, 0.717) is 48.8 Å². The van der Waals surface area contributed by atoms with E-state index in [-0.39, 0.29) is 11.3 Å². The zero-order valence-electron chi connectivity index (χ0n) is 24.4. The molecule has 0 bridgehead atoms. The standard InChI is InChI=1S/C34H40N2O5/c1-5-35(6-2)20-11-21-36-31(30(33(38)34(36)39)32(37)26-16-14-24(4)15-17-26)27-18-19-28(29(22-27)40-7-3)41-23-25-12-9-8-10-13-25/h8-10,12-19,22,31,37H,5-7,11,20-21,23H2,1-4H3. The van der Waals surface area contributed by atoms with Crippen LogP contribution in [0.4, 0.5) is 0 Å². The van der Waals surface area contributed by atoms with Gasteiger partial charge in [0.25, 0.3) is 11.7 Å². The lowest BCUT2D eigenvalue weighted by Crippen LogP contribution is -2.33. The minimum Gasteiger partial charge on any atom is -0.507 e. The molecule has 41 heavy (non-hydrogen) atoms. The van der Waals surface area contributed by atoms with Crippen LogP contribution in [0.1, 0.15) is 55.5 Å². The fourth-order valence-electron chi connectivity index (χ4n) is 5.15. The van der Waals surface area contributed by atoms with Gasteiger partial charge in [-0.1, -0.05) is 80.1 Å². The first kappa shape index (κ1) is 29.9. The summed E-state index contributed by atoms with van der Waals surface area (Å²) in [7, 11) is 0. The van der Waals surface area contributed by atoms with E-state index in [0.717, 1.165) is 30.8 Å². The van der Waals surface area contributed by atoms with E-state index in [1.165, 1.54) is 0 Å². The van der Waals surface area contributed by atoms with Gasteiger partial charge in [0, 0.05) is 12.1 Å². The van der Waals surface area contributed by atoms with Gasteiger partial charge in [0.05, 0.1) is 18.2 Å². The molecule has 4 rings (SSSR count). The SMILES string of the molecule is CCOc1cc(C2C(=C(O)c3ccc(C)cc3)C(=O)C(=O)N2CCCN(CC)CC)ccc1OCc1ccccc1. The van der Waals surface area contributed by atoms with Gasteiger partial charge in [-0.3, -0.25) is 9.59 Å². The second-order valence-electron chi connectivity index (χ2n) is 10.2. The van der Waals surface area contributed by atoms with E-state index < -0.39 is 17.7 Å². The van der Waals surface area contributed by atoms with Crippen molar-refractivity contribution >= 4 is 17.4 Å². The molecule has 0 spiro atoms. The zero-order chi connectivity index (χ0) is 29.4. The third-order valence-corrected chi connectivity index (χ3v) is 7.45. The largest absolute Gasteiger partial charge is 0.507 e. The number of carbonyl (C=O) groups is 2. The second-order valence-corrected chi connectivity index (χ2v) is 10.2. The number of ether oxygens (including phenoxy) is 2. The molecule has 0 radical (unpaired) electrons. The predicted molar refractivity (Wildman–Crippen MR) is 161 cm³/mol. The van der Waals surface area contributed by atoms with Crippen molar-refractivity contribution in [3.8, 4) is 11.5 Å². The molecular formula is C34H40N2O5. The molecule has 7 heteroatoms. The maximum Gasteiger partial charge on any atom is 0.295 e. The van der Waals surface area contributed by atoms with Crippen molar-refractivity contribution in [3.63, 3.8) is 0 Å². The number of aliphatic hydroxyl groups excluding tert-OH is 1. The Kier molecular flexibility index (Phi) is 10.2. The fraction of sp³-hybridized carbons (Fsp3) is 0.353. The molecule has 3 aromatic rings. The molecule has 1 atom stereocenters. The van der Waals surface area contributed by atoms with Crippen LogP contribution in [0.15, 0.2) is 78.4 Å². The number of nitrogens with zero attached hydrogens (tertiary/aromatic N) is 2. The van der Waals surface area contributed by atoms with Crippen molar-refractivity contribution in [2.75, 3.05) is 32.8 Å². The summed E-state index contributed by atoms with van der Waals surface area (Å²) in [5.41, 5.74) is 3.31. The van der Waals surface area contributed by atoms with Crippen LogP contribution in [-0.2, 0) is 16.2 Å². The van der Waals surface area contributed by atoms with Gasteiger partial charge in [-0.15, -0.1) is 0 Å². The van der Waals surface area contributed by atoms with Crippen molar-refractivity contribution < 1.29 is 24.2 Å². The highest BCUT2D eigenvalue weighted by atomic mass is 16.5. The summed E-state index contributed by atoms with van der Waals surface area (Å²) >= 11 is 0. The van der Waals surface area contributed by atoms with Crippen LogP contribution < -0.4 is 9.47 Å². The minimum atomic E-state index is -0.754. The van der Waals surface area contributed by atoms with Crippen LogP contribution in [0.2, 0.25) is 0 Å². The molecule has 0 saturated carbocycles. The van der Waals surface area contributed by atoms with Crippen LogP contribution in [0.3, 0.4) is 0 Å². The highest BCUT2D eigenvalue weighted by Gasteiger charge is 2.46. The Labute approximate surface area is 243 Å². The van der Waals surface area contributed by atoms with Crippen molar-refractivity contribution in [1.29, 1.82) is 0 Å². The smallest absolute Gasteiger partial charge is 0.295 e. The summed E-state index contributed by atoms with van der Waals surface area (Å²) < 4.78 is 12.0. The number of Topliss-reactive ketones (excluding diaryl/α,β-unsaturated/α-hetero) is 1. The number of hydrogen-bond acceptors (Lipinski definition) is 6. The van der Waals surface area contributed by atoms with Gasteiger partial charge in [0.1, 0.15) is 12.4 Å². The molecule has 7 nitrogen and oxygen atoms in total. The summed E-state index contributed by atoms with van der Waals surface area (Å²) in [5.74, 6) is -0.382. The van der Waals surface area contributed by atoms with Gasteiger partial charge in [-0.25, -0.2) is 0 Å². The normalized spacial score (nSPS) is 16.4. The molecule has 0 aromatic heterocycles. The third-order valence-electron chi connectivity index (χ3n) is 7.45. The summed E-state index contributed by atoms with van der Waals surface area (Å²) in [4.78, 5) is 30.7. The first-order valence-corrected chi connectivity index (χ1v) is 14.4. The number of aryl methyl sites for hydroxylation is 1. The number of hydrogen-bond donors (Lipinski definition) is 1. The Bertz CT molecular complexity index is 1360. The van der Waals surface area contributed by atoms with E-state index in [1.54, 1.807) is 17.0 Å². The monoisotopic (exact) mass is 556 g/mol. The zero-order valence-corrected chi connectivity index (χ0v) is 24.4. The quantitative estimate of drug-likeness (QED) is 0.155. The molecule has 216 valence electrons. The second kappa shape index (κ2) is 14.0. The van der Waals surface area contributed by atoms with Gasteiger partial charge >= 0.3 is 0 Å². The Balaban J connectivity index is 1.73. The third kappa shape index (κ3) is 6.98. The molecule has 3 aromatic carbocycles. The number of rotatable bonds is 13. The number of ketones is 1. The maximum atomic E-state index is 13.5. The number of carbonyl (C=O) groups excluding carboxylic acids is 2. The minimum absolute atomic E-state index is 0.0853. The van der Waals surface area contributed by atoms with Crippen molar-refractivity contribution in [2.45, 2.75) is 46.8 Å². The van der Waals surface area contributed by atoms with Crippen molar-refractivity contribution in [3.05, 3.63) is 101 Å². The van der Waals surface area contributed by atoms with Crippen molar-refractivity contribution in [2.24, 2.45) is 0 Å². The van der Waals surface area contributed by atoms with Crippen LogP contribution in [-0.4, -0.2) is 59.4 Å². The Hall–Kier alpha value is -4.10. The van der Waals surface area contributed by atoms with Crippen LogP contribution in [0.5, 0.6) is 11.5 Å². The molecule has 1 unspecified atom stereocenters. The summed E-state index contributed by atoms with van der Waals surface area (Å²) in [6, 6.07) is 21.9. The van der Waals surface area contributed by atoms with Gasteiger partial charge in [-0.05, 0) is 63.2 Å². The molecule has 1 saturated heterocycles. The predicted octanol–water partition coefficient (Wildman–Crippen LogP) is 6.13. The Morgan fingerprint density at radius 3 is 2.27 bits per heavy atom. The van der Waals surface area contributed by atoms with E-state index >= 15 is 0 Å². The molecular weight excluding hydrogens is 516 g/mol. The molecule has 1 aliphatic rings. The van der Waals surface area contributed by atoms with Gasteiger partial charge in [0.2, 0.25) is 0 Å². The summed E-state index contributed by atoms with van der Waals surface area (Å²) in [5, 5.41) is 11.4. The van der Waals surface area contributed by atoms with Crippen molar-refractivity contribution in [1.82, 2.24) is 9.80 Å². The molecule has 1 amide bonds. The average molecular weight is 557 g/mol. The van der Waals surface area contributed by atoms with Gasteiger partial charge in [-0.2, -0.15) is 0 Å². The fourth-order valence-corrected chi connectivity index (χ4v) is 5.15. The number of amides is 1. The van der Waals surface area contributed by atoms with Gasteiger partial charge < -0.3 is 24.4 Å². The maximum absolute atomic E-state index is 13.5. The number of aliphatic hydroxyl groups is 1. The Morgan fingerprint density at radius 1 is 0.902 bits per heavy atom. The lowest BCUT2D eigenvalue weighted by molar-refractivity contribution is -0.140. The van der Waals surface area contributed by atoms with Crippen LogP contribution >= 0.6 is 0 Å². The van der Waals surface area contributed by atoms with E-state index in [2.05, 4.69) is 18.7 Å². The topological polar surface area (TPSA) is 79.3 Å². The Morgan fingerprint density at radius 2 is 1.61 bits per heavy atom. The number of benzene rings is 3. The van der Waals surface area contributed by atoms with Crippen LogP contribution in [0.25, 0.3) is 5.76 Å². The lowest BCUT2D eigenvalue weighted by atomic mass is 9.94. The number of likely N-dealkylation sites (tertiary alicyclic amines) is 1. The molecule has 1 fully saturated rings. The highest BCUT2D eigenvalue weighted by Crippen LogP contribution is 2.42. The first-order chi connectivity index (χ1) is 19.9. The molecule has 1 heterocycles. The first-order valence-electron chi connectivity index (χ1n) is 14.4. The molecule has 1 N–H and O–H groups in total. The van der Waals surface area contributed by atoms with E-state index in [4.69, 9.17) is 9.47 Å². The summed E-state index contributed by atoms with van der Waals surface area (Å²) in [6.45, 7) is 11.9. The average Bonchev–Trinajstić information content (AvgIpc) is 3.24. The van der Waals surface area contributed by atoms with E-state index in [9.17, 15) is 14.7 Å².